The molecular formula is C29H20S. The van der Waals surface area contributed by atoms with Gasteiger partial charge in [0.2, 0.25) is 0 Å². The lowest BCUT2D eigenvalue weighted by molar-refractivity contribution is 1.25. The molecule has 0 unspecified atom stereocenters. The normalized spacial score (nSPS) is 12.9. The highest BCUT2D eigenvalue weighted by Crippen LogP contribution is 2.43. The van der Waals surface area contributed by atoms with Crippen LogP contribution in [0.15, 0.2) is 72.8 Å². The summed E-state index contributed by atoms with van der Waals surface area (Å²) in [5.74, 6) is 0. The number of aryl methyl sites for hydroxylation is 2. The van der Waals surface area contributed by atoms with Crippen LogP contribution in [0.25, 0.3) is 52.8 Å². The molecule has 142 valence electrons. The smallest absolute Gasteiger partial charge is 0.0361 e. The molecule has 7 rings (SSSR count). The zero-order chi connectivity index (χ0) is 20.0. The van der Waals surface area contributed by atoms with Gasteiger partial charge in [-0.05, 0) is 94.4 Å². The first-order valence-corrected chi connectivity index (χ1v) is 11.4. The molecular weight excluding hydrogens is 380 g/mol. The van der Waals surface area contributed by atoms with Crippen LogP contribution in [-0.4, -0.2) is 0 Å². The molecule has 0 amide bonds. The van der Waals surface area contributed by atoms with Crippen LogP contribution in [0.3, 0.4) is 0 Å². The lowest BCUT2D eigenvalue weighted by atomic mass is 9.98. The Kier molecular flexibility index (Phi) is 3.16. The lowest BCUT2D eigenvalue weighted by Crippen LogP contribution is -1.82. The van der Waals surface area contributed by atoms with Crippen LogP contribution in [0.5, 0.6) is 0 Å². The minimum Gasteiger partial charge on any atom is -0.135 e. The molecule has 1 aromatic heterocycles. The quantitative estimate of drug-likeness (QED) is 0.239. The van der Waals surface area contributed by atoms with E-state index in [1.807, 2.05) is 11.3 Å². The van der Waals surface area contributed by atoms with Crippen molar-refractivity contribution in [1.29, 1.82) is 0 Å². The molecule has 0 nitrogen and oxygen atoms in total. The van der Waals surface area contributed by atoms with E-state index in [4.69, 9.17) is 0 Å². The average Bonchev–Trinajstić information content (AvgIpc) is 3.24. The molecule has 0 fully saturated rings. The predicted octanol–water partition coefficient (Wildman–Crippen LogP) is 8.55. The third kappa shape index (κ3) is 2.27. The van der Waals surface area contributed by atoms with Crippen molar-refractivity contribution in [3.8, 4) is 11.1 Å². The lowest BCUT2D eigenvalue weighted by Gasteiger charge is -2.06. The van der Waals surface area contributed by atoms with Crippen molar-refractivity contribution < 1.29 is 0 Å². The second-order valence-electron chi connectivity index (χ2n) is 8.84. The van der Waals surface area contributed by atoms with Gasteiger partial charge in [0.15, 0.2) is 0 Å². The van der Waals surface area contributed by atoms with Crippen LogP contribution in [-0.2, 0) is 6.42 Å². The zero-order valence-corrected chi connectivity index (χ0v) is 17.9. The molecule has 0 radical (unpaired) electrons. The van der Waals surface area contributed by atoms with Gasteiger partial charge in [-0.1, -0.05) is 53.6 Å². The Morgan fingerprint density at radius 3 is 2.00 bits per heavy atom. The van der Waals surface area contributed by atoms with Gasteiger partial charge in [-0.25, -0.2) is 0 Å². The molecule has 0 bridgehead atoms. The SMILES string of the molecule is Cc1ccc2c(c1)Cc1cc3cc4c(cc3cc1-2)sc1cc2cc(C)ccc2cc14. The Labute approximate surface area is 179 Å². The van der Waals surface area contributed by atoms with Gasteiger partial charge in [0, 0.05) is 20.2 Å². The average molecular weight is 401 g/mol. The Bertz CT molecular complexity index is 1680. The molecule has 6 aromatic rings. The monoisotopic (exact) mass is 400 g/mol. The van der Waals surface area contributed by atoms with Crippen molar-refractivity contribution in [1.82, 2.24) is 0 Å². The van der Waals surface area contributed by atoms with Gasteiger partial charge in [0.25, 0.3) is 0 Å². The minimum atomic E-state index is 1.05. The fourth-order valence-corrected chi connectivity index (χ4v) is 6.38. The van der Waals surface area contributed by atoms with E-state index in [1.165, 1.54) is 75.1 Å². The van der Waals surface area contributed by atoms with Gasteiger partial charge in [-0.2, -0.15) is 0 Å². The molecule has 1 heteroatoms. The topological polar surface area (TPSA) is 0 Å². The first-order chi connectivity index (χ1) is 14.6. The highest BCUT2D eigenvalue weighted by atomic mass is 32.1. The molecule has 0 spiro atoms. The molecule has 0 aliphatic heterocycles. The van der Waals surface area contributed by atoms with Crippen LogP contribution in [0.2, 0.25) is 0 Å². The number of hydrogen-bond acceptors (Lipinski definition) is 1. The first kappa shape index (κ1) is 16.6. The Balaban J connectivity index is 1.51. The van der Waals surface area contributed by atoms with Gasteiger partial charge in [-0.3, -0.25) is 0 Å². The summed E-state index contributed by atoms with van der Waals surface area (Å²) in [6.45, 7) is 4.35. The molecule has 0 N–H and O–H groups in total. The molecule has 0 saturated carbocycles. The van der Waals surface area contributed by atoms with Crippen molar-refractivity contribution in [2.75, 3.05) is 0 Å². The summed E-state index contributed by atoms with van der Waals surface area (Å²) >= 11 is 1.92. The highest BCUT2D eigenvalue weighted by molar-refractivity contribution is 7.26. The van der Waals surface area contributed by atoms with Gasteiger partial charge >= 0.3 is 0 Å². The second kappa shape index (κ2) is 5.71. The number of thiophene rings is 1. The molecule has 0 saturated heterocycles. The van der Waals surface area contributed by atoms with E-state index in [0.717, 1.165) is 6.42 Å². The maximum Gasteiger partial charge on any atom is 0.0361 e. The summed E-state index contributed by atoms with van der Waals surface area (Å²) in [6, 6.07) is 28.0. The minimum absolute atomic E-state index is 1.05. The predicted molar refractivity (Wildman–Crippen MR) is 132 cm³/mol. The first-order valence-electron chi connectivity index (χ1n) is 10.6. The van der Waals surface area contributed by atoms with Crippen molar-refractivity contribution in [2.24, 2.45) is 0 Å². The zero-order valence-electron chi connectivity index (χ0n) is 17.0. The highest BCUT2D eigenvalue weighted by Gasteiger charge is 2.19. The fraction of sp³-hybridized carbons (Fsp3) is 0.103. The summed E-state index contributed by atoms with van der Waals surface area (Å²) in [6.07, 6.45) is 1.05. The molecule has 1 aliphatic carbocycles. The molecule has 0 atom stereocenters. The van der Waals surface area contributed by atoms with Crippen LogP contribution < -0.4 is 0 Å². The van der Waals surface area contributed by atoms with Crippen molar-refractivity contribution in [3.63, 3.8) is 0 Å². The van der Waals surface area contributed by atoms with E-state index >= 15 is 0 Å². The van der Waals surface area contributed by atoms with Gasteiger partial charge in [-0.15, -0.1) is 11.3 Å². The Morgan fingerprint density at radius 1 is 0.533 bits per heavy atom. The molecule has 30 heavy (non-hydrogen) atoms. The fourth-order valence-electron chi connectivity index (χ4n) is 5.21. The van der Waals surface area contributed by atoms with E-state index < -0.39 is 0 Å². The standard InChI is InChI=1S/C29H20S/c1-16-3-5-18-11-26-27-13-20-9-23-10-22-8-17(2)4-6-24(22)25(23)12-21(20)15-29(27)30-28(26)14-19(18)7-16/h3-9,11-15H,10H2,1-2H3. The van der Waals surface area contributed by atoms with E-state index in [-0.39, 0.29) is 0 Å². The summed E-state index contributed by atoms with van der Waals surface area (Å²) in [4.78, 5) is 0. The summed E-state index contributed by atoms with van der Waals surface area (Å²) in [5, 5.41) is 8.14. The number of hydrogen-bond donors (Lipinski definition) is 0. The Morgan fingerprint density at radius 2 is 1.17 bits per heavy atom. The van der Waals surface area contributed by atoms with Crippen LogP contribution >= 0.6 is 11.3 Å². The summed E-state index contributed by atoms with van der Waals surface area (Å²) in [5.41, 5.74) is 8.42. The third-order valence-corrected chi connectivity index (χ3v) is 7.81. The van der Waals surface area contributed by atoms with Crippen molar-refractivity contribution in [2.45, 2.75) is 20.3 Å². The van der Waals surface area contributed by atoms with Crippen LogP contribution in [0.4, 0.5) is 0 Å². The number of fused-ring (bicyclic) bond motifs is 8. The van der Waals surface area contributed by atoms with Crippen LogP contribution in [0, 0.1) is 13.8 Å². The van der Waals surface area contributed by atoms with E-state index in [9.17, 15) is 0 Å². The number of rotatable bonds is 0. The van der Waals surface area contributed by atoms with Gasteiger partial charge in [0.05, 0.1) is 0 Å². The maximum absolute atomic E-state index is 2.42. The van der Waals surface area contributed by atoms with Crippen LogP contribution in [0.1, 0.15) is 22.3 Å². The second-order valence-corrected chi connectivity index (χ2v) is 9.93. The third-order valence-electron chi connectivity index (χ3n) is 6.70. The largest absolute Gasteiger partial charge is 0.135 e. The number of benzene rings is 5. The summed E-state index contributed by atoms with van der Waals surface area (Å²) < 4.78 is 2.76. The Hall–Kier alpha value is -3.16. The maximum atomic E-state index is 2.42. The van der Waals surface area contributed by atoms with Crippen molar-refractivity contribution in [3.05, 3.63) is 95.1 Å². The summed E-state index contributed by atoms with van der Waals surface area (Å²) in [7, 11) is 0. The van der Waals surface area contributed by atoms with E-state index in [2.05, 4.69) is 86.6 Å². The molecule has 1 aliphatic rings. The molecule has 5 aromatic carbocycles. The van der Waals surface area contributed by atoms with Gasteiger partial charge < -0.3 is 0 Å². The van der Waals surface area contributed by atoms with Crippen molar-refractivity contribution >= 4 is 53.1 Å². The molecule has 1 heterocycles. The van der Waals surface area contributed by atoms with Gasteiger partial charge in [0.1, 0.15) is 0 Å². The van der Waals surface area contributed by atoms with E-state index in [0.29, 0.717) is 0 Å². The van der Waals surface area contributed by atoms with E-state index in [1.54, 1.807) is 0 Å².